The minimum absolute atomic E-state index is 0.162. The van der Waals surface area contributed by atoms with Crippen LogP contribution in [0.3, 0.4) is 0 Å². The molecule has 27 heavy (non-hydrogen) atoms. The van der Waals surface area contributed by atoms with Crippen molar-refractivity contribution in [3.63, 3.8) is 0 Å². The van der Waals surface area contributed by atoms with Crippen LogP contribution in [-0.2, 0) is 11.8 Å². The summed E-state index contributed by atoms with van der Waals surface area (Å²) in [4.78, 5) is 16.6. The fourth-order valence-electron chi connectivity index (χ4n) is 2.50. The SMILES string of the molecule is Cn1c(SCC(=O)Nc2nc3ccccc3s2)nnc1-c1ccc(F)cc1. The van der Waals surface area contributed by atoms with Gasteiger partial charge in [0, 0.05) is 12.6 Å². The predicted octanol–water partition coefficient (Wildman–Crippen LogP) is 3.96. The number of thioether (sulfide) groups is 1. The van der Waals surface area contributed by atoms with Crippen molar-refractivity contribution in [2.24, 2.45) is 7.05 Å². The van der Waals surface area contributed by atoms with E-state index in [4.69, 9.17) is 0 Å². The molecule has 2 aromatic heterocycles. The zero-order valence-corrected chi connectivity index (χ0v) is 15.9. The Morgan fingerprint density at radius 2 is 1.96 bits per heavy atom. The molecular weight excluding hydrogens is 385 g/mol. The van der Waals surface area contributed by atoms with E-state index in [2.05, 4.69) is 20.5 Å². The lowest BCUT2D eigenvalue weighted by molar-refractivity contribution is -0.113. The van der Waals surface area contributed by atoms with Gasteiger partial charge in [-0.15, -0.1) is 10.2 Å². The summed E-state index contributed by atoms with van der Waals surface area (Å²) < 4.78 is 15.9. The minimum atomic E-state index is -0.304. The number of rotatable bonds is 5. The number of nitrogens with one attached hydrogen (secondary N) is 1. The van der Waals surface area contributed by atoms with E-state index in [0.717, 1.165) is 15.8 Å². The summed E-state index contributed by atoms with van der Waals surface area (Å²) in [5, 5.41) is 12.2. The van der Waals surface area contributed by atoms with Gasteiger partial charge in [0.05, 0.1) is 16.0 Å². The van der Waals surface area contributed by atoms with Crippen molar-refractivity contribution in [1.29, 1.82) is 0 Å². The number of nitrogens with zero attached hydrogens (tertiary/aromatic N) is 4. The third-order valence-corrected chi connectivity index (χ3v) is 5.78. The molecular formula is C18H14FN5OS2. The van der Waals surface area contributed by atoms with E-state index in [1.165, 1.54) is 35.2 Å². The summed E-state index contributed by atoms with van der Waals surface area (Å²) in [6, 6.07) is 13.8. The van der Waals surface area contributed by atoms with Crippen molar-refractivity contribution in [3.05, 3.63) is 54.3 Å². The maximum Gasteiger partial charge on any atom is 0.236 e. The molecule has 0 spiro atoms. The molecule has 0 radical (unpaired) electrons. The van der Waals surface area contributed by atoms with Gasteiger partial charge in [0.2, 0.25) is 5.91 Å². The molecule has 0 fully saturated rings. The molecule has 1 amide bonds. The topological polar surface area (TPSA) is 72.7 Å². The Hall–Kier alpha value is -2.78. The standard InChI is InChI=1S/C18H14FN5OS2/c1-24-16(11-6-8-12(19)9-7-11)22-23-18(24)26-10-15(25)21-17-20-13-4-2-3-5-14(13)27-17/h2-9H,10H2,1H3,(H,20,21,25). The highest BCUT2D eigenvalue weighted by molar-refractivity contribution is 7.99. The average molecular weight is 399 g/mol. The number of hydrogen-bond acceptors (Lipinski definition) is 6. The third-order valence-electron chi connectivity index (χ3n) is 3.81. The van der Waals surface area contributed by atoms with Crippen molar-refractivity contribution in [1.82, 2.24) is 19.7 Å². The average Bonchev–Trinajstić information content (AvgIpc) is 3.23. The summed E-state index contributed by atoms with van der Waals surface area (Å²) in [6.07, 6.45) is 0. The lowest BCUT2D eigenvalue weighted by Crippen LogP contribution is -2.14. The van der Waals surface area contributed by atoms with E-state index >= 15 is 0 Å². The number of carbonyl (C=O) groups excluding carboxylic acids is 1. The van der Waals surface area contributed by atoms with E-state index in [-0.39, 0.29) is 17.5 Å². The fourth-order valence-corrected chi connectivity index (χ4v) is 4.10. The summed E-state index contributed by atoms with van der Waals surface area (Å²) in [5.41, 5.74) is 1.62. The zero-order chi connectivity index (χ0) is 18.8. The molecule has 9 heteroatoms. The normalized spacial score (nSPS) is 11.0. The molecule has 4 aromatic rings. The third kappa shape index (κ3) is 3.83. The van der Waals surface area contributed by atoms with Crippen molar-refractivity contribution in [3.8, 4) is 11.4 Å². The summed E-state index contributed by atoms with van der Waals surface area (Å²) >= 11 is 2.72. The van der Waals surface area contributed by atoms with Crippen molar-refractivity contribution in [2.45, 2.75) is 5.16 Å². The quantitative estimate of drug-likeness (QED) is 0.514. The van der Waals surface area contributed by atoms with Gasteiger partial charge in [-0.25, -0.2) is 9.37 Å². The number of aromatic nitrogens is 4. The monoisotopic (exact) mass is 399 g/mol. The molecule has 4 rings (SSSR count). The molecule has 1 N–H and O–H groups in total. The molecule has 0 saturated heterocycles. The van der Waals surface area contributed by atoms with Gasteiger partial charge in [-0.1, -0.05) is 35.2 Å². The molecule has 0 aliphatic carbocycles. The number of fused-ring (bicyclic) bond motifs is 1. The van der Waals surface area contributed by atoms with Gasteiger partial charge in [-0.2, -0.15) is 0 Å². The Bertz CT molecular complexity index is 1070. The largest absolute Gasteiger partial charge is 0.305 e. The van der Waals surface area contributed by atoms with Crippen LogP contribution in [-0.4, -0.2) is 31.4 Å². The van der Waals surface area contributed by atoms with Gasteiger partial charge in [0.1, 0.15) is 5.82 Å². The number of para-hydroxylation sites is 1. The molecule has 2 heterocycles. The second kappa shape index (κ2) is 7.45. The minimum Gasteiger partial charge on any atom is -0.305 e. The van der Waals surface area contributed by atoms with Crippen LogP contribution in [0.15, 0.2) is 53.7 Å². The molecule has 0 aliphatic heterocycles. The second-order valence-electron chi connectivity index (χ2n) is 5.70. The lowest BCUT2D eigenvalue weighted by atomic mass is 10.2. The van der Waals surface area contributed by atoms with E-state index in [9.17, 15) is 9.18 Å². The number of thiazole rings is 1. The second-order valence-corrected chi connectivity index (χ2v) is 7.67. The first-order valence-corrected chi connectivity index (χ1v) is 9.84. The van der Waals surface area contributed by atoms with Gasteiger partial charge in [0.15, 0.2) is 16.1 Å². The molecule has 0 aliphatic rings. The lowest BCUT2D eigenvalue weighted by Gasteiger charge is -2.04. The molecule has 0 unspecified atom stereocenters. The Labute approximate surface area is 162 Å². The van der Waals surface area contributed by atoms with Crippen molar-refractivity contribution in [2.75, 3.05) is 11.1 Å². The van der Waals surface area contributed by atoms with Crippen LogP contribution in [0.2, 0.25) is 0 Å². The highest BCUT2D eigenvalue weighted by Gasteiger charge is 2.14. The van der Waals surface area contributed by atoms with Gasteiger partial charge < -0.3 is 9.88 Å². The zero-order valence-electron chi connectivity index (χ0n) is 14.2. The van der Waals surface area contributed by atoms with Crippen molar-refractivity contribution < 1.29 is 9.18 Å². The number of halogens is 1. The predicted molar refractivity (Wildman–Crippen MR) is 105 cm³/mol. The van der Waals surface area contributed by atoms with Crippen LogP contribution in [0, 0.1) is 5.82 Å². The number of hydrogen-bond donors (Lipinski definition) is 1. The van der Waals surface area contributed by atoms with Crippen LogP contribution >= 0.6 is 23.1 Å². The maximum atomic E-state index is 13.1. The van der Waals surface area contributed by atoms with Crippen molar-refractivity contribution >= 4 is 44.4 Å². The molecule has 0 atom stereocenters. The van der Waals surface area contributed by atoms with Gasteiger partial charge in [-0.05, 0) is 36.4 Å². The molecule has 136 valence electrons. The van der Waals surface area contributed by atoms with Crippen LogP contribution in [0.4, 0.5) is 9.52 Å². The summed E-state index contributed by atoms with van der Waals surface area (Å²) in [7, 11) is 1.81. The van der Waals surface area contributed by atoms with Gasteiger partial charge in [-0.3, -0.25) is 4.79 Å². The van der Waals surface area contributed by atoms with Gasteiger partial charge in [0.25, 0.3) is 0 Å². The first kappa shape index (κ1) is 17.6. The number of benzene rings is 2. The summed E-state index contributed by atoms with van der Waals surface area (Å²) in [5.74, 6) is 0.335. The summed E-state index contributed by atoms with van der Waals surface area (Å²) in [6.45, 7) is 0. The highest BCUT2D eigenvalue weighted by Crippen LogP contribution is 2.26. The molecule has 0 bridgehead atoms. The van der Waals surface area contributed by atoms with E-state index in [1.54, 1.807) is 16.7 Å². The first-order chi connectivity index (χ1) is 13.1. The highest BCUT2D eigenvalue weighted by atomic mass is 32.2. The fraction of sp³-hybridized carbons (Fsp3) is 0.111. The number of anilines is 1. The van der Waals surface area contributed by atoms with Crippen LogP contribution in [0.25, 0.3) is 21.6 Å². The van der Waals surface area contributed by atoms with Gasteiger partial charge >= 0.3 is 0 Å². The Morgan fingerprint density at radius 1 is 1.19 bits per heavy atom. The van der Waals surface area contributed by atoms with Crippen LogP contribution in [0.5, 0.6) is 0 Å². The Balaban J connectivity index is 1.41. The smallest absolute Gasteiger partial charge is 0.236 e. The van der Waals surface area contributed by atoms with Crippen LogP contribution < -0.4 is 5.32 Å². The maximum absolute atomic E-state index is 13.1. The number of carbonyl (C=O) groups is 1. The van der Waals surface area contributed by atoms with E-state index in [1.807, 2.05) is 31.3 Å². The molecule has 0 saturated carbocycles. The van der Waals surface area contributed by atoms with Crippen LogP contribution in [0.1, 0.15) is 0 Å². The van der Waals surface area contributed by atoms with E-state index < -0.39 is 0 Å². The number of amides is 1. The molecule has 6 nitrogen and oxygen atoms in total. The Morgan fingerprint density at radius 3 is 2.74 bits per heavy atom. The first-order valence-electron chi connectivity index (χ1n) is 8.04. The Kier molecular flexibility index (Phi) is 4.87. The van der Waals surface area contributed by atoms with E-state index in [0.29, 0.717) is 16.1 Å². The molecule has 2 aromatic carbocycles.